The van der Waals surface area contributed by atoms with Gasteiger partial charge in [0.15, 0.2) is 5.58 Å². The highest BCUT2D eigenvalue weighted by molar-refractivity contribution is 6.06. The predicted molar refractivity (Wildman–Crippen MR) is 115 cm³/mol. The van der Waals surface area contributed by atoms with Gasteiger partial charge in [0.25, 0.3) is 5.91 Å². The molecule has 4 rings (SSSR count). The number of nitrogens with one attached hydrogen (secondary N) is 3. The number of aliphatic imine (C=N–C) groups is 1. The van der Waals surface area contributed by atoms with Crippen molar-refractivity contribution in [1.82, 2.24) is 15.3 Å². The van der Waals surface area contributed by atoms with E-state index in [1.165, 1.54) is 18.3 Å². The number of allylic oxidation sites excluding steroid dienone is 1. The Hall–Kier alpha value is -4.21. The number of carbonyl (C=O) groups excluding carboxylic acids is 1. The maximum absolute atomic E-state index is 12.6. The molecule has 3 heterocycles. The highest BCUT2D eigenvalue weighted by atomic mass is 16.4. The van der Waals surface area contributed by atoms with Gasteiger partial charge in [0.1, 0.15) is 11.3 Å². The van der Waals surface area contributed by atoms with E-state index in [-0.39, 0.29) is 17.9 Å². The van der Waals surface area contributed by atoms with Gasteiger partial charge < -0.3 is 20.2 Å². The second kappa shape index (κ2) is 8.27. The maximum atomic E-state index is 12.6. The molecule has 0 unspecified atom stereocenters. The van der Waals surface area contributed by atoms with Gasteiger partial charge in [-0.1, -0.05) is 19.1 Å². The Morgan fingerprint density at radius 2 is 2.13 bits per heavy atom. The number of para-hydroxylation sites is 1. The van der Waals surface area contributed by atoms with Crippen LogP contribution < -0.4 is 16.0 Å². The van der Waals surface area contributed by atoms with E-state index in [1.54, 1.807) is 6.92 Å². The summed E-state index contributed by atoms with van der Waals surface area (Å²) in [6, 6.07) is 8.75. The Kier molecular flexibility index (Phi) is 5.35. The van der Waals surface area contributed by atoms with E-state index in [0.717, 1.165) is 23.1 Å². The van der Waals surface area contributed by atoms with Crippen LogP contribution in [0.1, 0.15) is 29.8 Å². The van der Waals surface area contributed by atoms with E-state index >= 15 is 0 Å². The number of benzene rings is 1. The highest BCUT2D eigenvalue weighted by Crippen LogP contribution is 2.23. The molecule has 10 nitrogen and oxygen atoms in total. The molecule has 1 aromatic carbocycles. The number of aromatic nitrogens is 2. The number of aromatic carboxylic acids is 1. The van der Waals surface area contributed by atoms with Gasteiger partial charge in [0.05, 0.1) is 17.7 Å². The van der Waals surface area contributed by atoms with Crippen LogP contribution in [0.3, 0.4) is 0 Å². The average molecular weight is 420 g/mol. The van der Waals surface area contributed by atoms with Gasteiger partial charge in [-0.2, -0.15) is 4.98 Å². The van der Waals surface area contributed by atoms with Crippen LogP contribution in [0.15, 0.2) is 57.2 Å². The summed E-state index contributed by atoms with van der Waals surface area (Å²) >= 11 is 0. The summed E-state index contributed by atoms with van der Waals surface area (Å²) in [4.78, 5) is 36.4. The second-order valence-electron chi connectivity index (χ2n) is 6.85. The Balaban J connectivity index is 1.44. The first kappa shape index (κ1) is 20.1. The van der Waals surface area contributed by atoms with Crippen LogP contribution >= 0.6 is 0 Å². The minimum Gasteiger partial charge on any atom is -0.478 e. The fraction of sp³-hybridized carbons (Fsp3) is 0.190. The molecule has 10 heteroatoms. The fourth-order valence-electron chi connectivity index (χ4n) is 3.15. The fourth-order valence-corrected chi connectivity index (χ4v) is 3.15. The van der Waals surface area contributed by atoms with Gasteiger partial charge in [-0.3, -0.25) is 10.1 Å². The quantitative estimate of drug-likeness (QED) is 0.494. The van der Waals surface area contributed by atoms with E-state index in [2.05, 4.69) is 30.9 Å². The number of anilines is 2. The van der Waals surface area contributed by atoms with Crippen LogP contribution in [0.25, 0.3) is 11.1 Å². The van der Waals surface area contributed by atoms with E-state index in [1.807, 2.05) is 25.1 Å². The first-order valence-corrected chi connectivity index (χ1v) is 9.62. The molecule has 158 valence electrons. The lowest BCUT2D eigenvalue weighted by Gasteiger charge is -2.19. The van der Waals surface area contributed by atoms with Crippen molar-refractivity contribution < 1.29 is 19.1 Å². The number of rotatable bonds is 5. The summed E-state index contributed by atoms with van der Waals surface area (Å²) in [6.07, 6.45) is 2.15. The number of pyridine rings is 1. The molecule has 0 saturated carbocycles. The Labute approximate surface area is 177 Å². The van der Waals surface area contributed by atoms with E-state index < -0.39 is 11.9 Å². The number of hydrogen-bond acceptors (Lipinski definition) is 8. The lowest BCUT2D eigenvalue weighted by molar-refractivity contribution is -0.113. The van der Waals surface area contributed by atoms with E-state index in [4.69, 9.17) is 9.52 Å². The molecular weight excluding hydrogens is 400 g/mol. The molecule has 1 aliphatic rings. The lowest BCUT2D eigenvalue weighted by Crippen LogP contribution is -2.36. The zero-order chi connectivity index (χ0) is 22.0. The molecular formula is C21H20N6O4. The first-order valence-electron chi connectivity index (χ1n) is 9.62. The van der Waals surface area contributed by atoms with Crippen LogP contribution in [-0.4, -0.2) is 39.5 Å². The number of carboxylic acids is 1. The molecule has 4 N–H and O–H groups in total. The summed E-state index contributed by atoms with van der Waals surface area (Å²) in [5, 5.41) is 17.7. The van der Waals surface area contributed by atoms with Gasteiger partial charge in [-0.25, -0.2) is 14.8 Å². The SMILES string of the molecule is CCc1cccc2nc(NC3=NCC(C(=O)Nc4cc(C(=O)O)ccn4)=C(C)N3)oc12. The molecule has 31 heavy (non-hydrogen) atoms. The molecule has 1 aliphatic heterocycles. The number of hydrogen-bond donors (Lipinski definition) is 4. The lowest BCUT2D eigenvalue weighted by atomic mass is 10.1. The number of aryl methyl sites for hydroxylation is 1. The van der Waals surface area contributed by atoms with Crippen molar-refractivity contribution in [2.45, 2.75) is 20.3 Å². The van der Waals surface area contributed by atoms with Crippen molar-refractivity contribution in [3.8, 4) is 0 Å². The third-order valence-electron chi connectivity index (χ3n) is 4.78. The monoisotopic (exact) mass is 420 g/mol. The van der Waals surface area contributed by atoms with Gasteiger partial charge in [0.2, 0.25) is 5.96 Å². The van der Waals surface area contributed by atoms with Crippen LogP contribution in [0, 0.1) is 0 Å². The van der Waals surface area contributed by atoms with Crippen molar-refractivity contribution in [2.24, 2.45) is 4.99 Å². The summed E-state index contributed by atoms with van der Waals surface area (Å²) in [5.41, 5.74) is 3.57. The largest absolute Gasteiger partial charge is 0.478 e. The molecule has 0 saturated heterocycles. The standard InChI is InChI=1S/C21H20N6O4/c1-3-12-5-4-6-15-17(12)31-21(25-15)27-20-23-10-14(11(2)24-20)18(28)26-16-9-13(19(29)30)7-8-22-16/h4-9H,3,10H2,1-2H3,(H,29,30)(H,22,26,28)(H2,23,24,25,27). The predicted octanol–water partition coefficient (Wildman–Crippen LogP) is 2.77. The van der Waals surface area contributed by atoms with Crippen LogP contribution in [-0.2, 0) is 11.2 Å². The van der Waals surface area contributed by atoms with Crippen molar-refractivity contribution in [3.63, 3.8) is 0 Å². The zero-order valence-electron chi connectivity index (χ0n) is 16.9. The molecule has 0 aliphatic carbocycles. The highest BCUT2D eigenvalue weighted by Gasteiger charge is 2.20. The molecule has 0 atom stereocenters. The molecule has 0 bridgehead atoms. The number of oxazole rings is 1. The summed E-state index contributed by atoms with van der Waals surface area (Å²) in [6.45, 7) is 3.91. The Bertz CT molecular complexity index is 1240. The minimum atomic E-state index is -1.10. The summed E-state index contributed by atoms with van der Waals surface area (Å²) < 4.78 is 5.82. The van der Waals surface area contributed by atoms with Crippen LogP contribution in [0.4, 0.5) is 11.8 Å². The van der Waals surface area contributed by atoms with Gasteiger partial charge >= 0.3 is 12.0 Å². The first-order chi connectivity index (χ1) is 14.9. The van der Waals surface area contributed by atoms with E-state index in [9.17, 15) is 9.59 Å². The molecule has 0 fully saturated rings. The Morgan fingerprint density at radius 1 is 1.29 bits per heavy atom. The average Bonchev–Trinajstić information content (AvgIpc) is 3.16. The normalized spacial score (nSPS) is 13.5. The van der Waals surface area contributed by atoms with Crippen molar-refractivity contribution in [3.05, 3.63) is 58.9 Å². The third kappa shape index (κ3) is 4.22. The molecule has 0 radical (unpaired) electrons. The van der Waals surface area contributed by atoms with Crippen molar-refractivity contribution in [1.29, 1.82) is 0 Å². The minimum absolute atomic E-state index is 0.0341. The van der Waals surface area contributed by atoms with Crippen molar-refractivity contribution >= 4 is 40.8 Å². The molecule has 2 aromatic heterocycles. The summed E-state index contributed by atoms with van der Waals surface area (Å²) in [7, 11) is 0. The molecule has 0 spiro atoms. The number of nitrogens with zero attached hydrogens (tertiary/aromatic N) is 3. The van der Waals surface area contributed by atoms with Gasteiger partial charge in [0, 0.05) is 11.9 Å². The number of guanidine groups is 1. The van der Waals surface area contributed by atoms with Crippen molar-refractivity contribution in [2.75, 3.05) is 17.2 Å². The smallest absolute Gasteiger partial charge is 0.335 e. The van der Waals surface area contributed by atoms with Gasteiger partial charge in [-0.15, -0.1) is 0 Å². The number of amides is 1. The van der Waals surface area contributed by atoms with Gasteiger partial charge in [-0.05, 0) is 37.1 Å². The van der Waals surface area contributed by atoms with E-state index in [0.29, 0.717) is 23.2 Å². The zero-order valence-corrected chi connectivity index (χ0v) is 16.9. The van der Waals surface area contributed by atoms with Crippen LogP contribution in [0.2, 0.25) is 0 Å². The topological polar surface area (TPSA) is 142 Å². The third-order valence-corrected chi connectivity index (χ3v) is 4.78. The molecule has 3 aromatic rings. The number of carbonyl (C=O) groups is 2. The molecule has 1 amide bonds. The Morgan fingerprint density at radius 3 is 2.87 bits per heavy atom. The maximum Gasteiger partial charge on any atom is 0.335 e. The second-order valence-corrected chi connectivity index (χ2v) is 6.85. The number of fused-ring (bicyclic) bond motifs is 1. The summed E-state index contributed by atoms with van der Waals surface area (Å²) in [5.74, 6) is -0.962. The number of carboxylic acid groups (broad SMARTS) is 1. The van der Waals surface area contributed by atoms with Crippen LogP contribution in [0.5, 0.6) is 0 Å².